The van der Waals surface area contributed by atoms with E-state index in [1.807, 2.05) is 79.9 Å². The molecule has 5 rings (SSSR count). The molecule has 6 nitrogen and oxygen atoms in total. The number of Topliss-reactive ketones (excluding diaryl/α,β-unsaturated/α-hetero) is 1. The molecule has 3 amide bonds. The van der Waals surface area contributed by atoms with Crippen molar-refractivity contribution in [2.24, 2.45) is 0 Å². The van der Waals surface area contributed by atoms with Gasteiger partial charge in [0, 0.05) is 22.6 Å². The molecular formula is C27H27N3O3. The minimum absolute atomic E-state index is 0.244. The smallest absolute Gasteiger partial charge is 0.319 e. The highest BCUT2D eigenvalue weighted by Crippen LogP contribution is 2.40. The predicted molar refractivity (Wildman–Crippen MR) is 126 cm³/mol. The van der Waals surface area contributed by atoms with Gasteiger partial charge in [0.15, 0.2) is 5.78 Å². The Bertz CT molecular complexity index is 1290. The van der Waals surface area contributed by atoms with Crippen molar-refractivity contribution in [2.75, 3.05) is 6.54 Å². The van der Waals surface area contributed by atoms with Crippen molar-refractivity contribution in [1.29, 1.82) is 0 Å². The molecule has 2 aromatic carbocycles. The van der Waals surface area contributed by atoms with Gasteiger partial charge >= 0.3 is 6.03 Å². The van der Waals surface area contributed by atoms with Crippen molar-refractivity contribution in [3.8, 4) is 5.69 Å². The second-order valence-electron chi connectivity index (χ2n) is 9.12. The topological polar surface area (TPSA) is 71.4 Å². The zero-order valence-corrected chi connectivity index (χ0v) is 19.1. The maximum absolute atomic E-state index is 13.5. The molecule has 0 radical (unpaired) electrons. The predicted octanol–water partition coefficient (Wildman–Crippen LogP) is 4.37. The first kappa shape index (κ1) is 21.2. The first-order valence-corrected chi connectivity index (χ1v) is 11.3. The first-order valence-electron chi connectivity index (χ1n) is 11.3. The molecular weight excluding hydrogens is 414 g/mol. The maximum atomic E-state index is 13.5. The highest BCUT2D eigenvalue weighted by atomic mass is 16.2. The Morgan fingerprint density at radius 3 is 2.52 bits per heavy atom. The van der Waals surface area contributed by atoms with Crippen molar-refractivity contribution < 1.29 is 14.4 Å². The average Bonchev–Trinajstić information content (AvgIpc) is 3.23. The lowest BCUT2D eigenvalue weighted by Crippen LogP contribution is -2.46. The van der Waals surface area contributed by atoms with Crippen LogP contribution in [-0.2, 0) is 16.8 Å². The Kier molecular flexibility index (Phi) is 4.96. The number of carbonyl (C=O) groups is 3. The van der Waals surface area contributed by atoms with Gasteiger partial charge in [-0.25, -0.2) is 4.79 Å². The van der Waals surface area contributed by atoms with E-state index < -0.39 is 11.6 Å². The van der Waals surface area contributed by atoms with Gasteiger partial charge in [-0.3, -0.25) is 14.5 Å². The van der Waals surface area contributed by atoms with Crippen LogP contribution in [0.1, 0.15) is 51.3 Å². The maximum Gasteiger partial charge on any atom is 0.325 e. The number of benzene rings is 2. The standard InChI is InChI=1S/C27H27N3O3/c1-17-10-12-21(13-11-17)30-18(2)15-22(19(30)3)24(31)16-29-25(32)27(28-26(29)33)14-6-8-20-7-4-5-9-23(20)27/h4-5,7,9-13,15H,6,8,14,16H2,1-3H3,(H,28,33)/t27-/m0/s1. The number of aromatic nitrogens is 1. The van der Waals surface area contributed by atoms with Gasteiger partial charge in [-0.05, 0) is 69.4 Å². The van der Waals surface area contributed by atoms with Crippen LogP contribution in [0.4, 0.5) is 4.79 Å². The Morgan fingerprint density at radius 2 is 1.76 bits per heavy atom. The summed E-state index contributed by atoms with van der Waals surface area (Å²) in [5.74, 6) is -0.577. The van der Waals surface area contributed by atoms with E-state index in [0.29, 0.717) is 12.0 Å². The molecule has 1 spiro atoms. The third kappa shape index (κ3) is 3.28. The number of urea groups is 1. The van der Waals surface area contributed by atoms with Crippen LogP contribution in [0.15, 0.2) is 54.6 Å². The minimum Gasteiger partial charge on any atom is -0.319 e. The fourth-order valence-corrected chi connectivity index (χ4v) is 5.32. The van der Waals surface area contributed by atoms with Crippen molar-refractivity contribution >= 4 is 17.7 Å². The summed E-state index contributed by atoms with van der Waals surface area (Å²) in [6.45, 7) is 5.60. The number of hydrogen-bond donors (Lipinski definition) is 1. The molecule has 168 valence electrons. The Balaban J connectivity index is 1.44. The summed E-state index contributed by atoms with van der Waals surface area (Å²) in [6.07, 6.45) is 2.23. The summed E-state index contributed by atoms with van der Waals surface area (Å²) in [4.78, 5) is 40.8. The molecule has 3 aromatic rings. The molecule has 1 saturated heterocycles. The summed E-state index contributed by atoms with van der Waals surface area (Å²) < 4.78 is 2.03. The zero-order chi connectivity index (χ0) is 23.3. The average molecular weight is 442 g/mol. The Labute approximate surface area is 193 Å². The minimum atomic E-state index is -1.06. The van der Waals surface area contributed by atoms with Crippen LogP contribution in [0, 0.1) is 20.8 Å². The molecule has 2 aliphatic rings. The number of fused-ring (bicyclic) bond motifs is 2. The van der Waals surface area contributed by atoms with E-state index in [2.05, 4.69) is 5.32 Å². The van der Waals surface area contributed by atoms with E-state index in [1.165, 1.54) is 0 Å². The van der Waals surface area contributed by atoms with Gasteiger partial charge in [0.05, 0.1) is 6.54 Å². The molecule has 1 aliphatic carbocycles. The van der Waals surface area contributed by atoms with Crippen molar-refractivity contribution in [3.63, 3.8) is 0 Å². The zero-order valence-electron chi connectivity index (χ0n) is 19.1. The number of amides is 3. The monoisotopic (exact) mass is 441 g/mol. The van der Waals surface area contributed by atoms with Gasteiger partial charge in [0.2, 0.25) is 0 Å². The highest BCUT2D eigenvalue weighted by Gasteiger charge is 2.54. The van der Waals surface area contributed by atoms with Gasteiger partial charge < -0.3 is 9.88 Å². The molecule has 33 heavy (non-hydrogen) atoms. The lowest BCUT2D eigenvalue weighted by atomic mass is 9.76. The molecule has 1 atom stereocenters. The van der Waals surface area contributed by atoms with E-state index >= 15 is 0 Å². The van der Waals surface area contributed by atoms with E-state index in [-0.39, 0.29) is 18.2 Å². The largest absolute Gasteiger partial charge is 0.325 e. The van der Waals surface area contributed by atoms with Crippen LogP contribution < -0.4 is 5.32 Å². The van der Waals surface area contributed by atoms with E-state index in [1.54, 1.807) is 0 Å². The molecule has 6 heteroatoms. The van der Waals surface area contributed by atoms with Gasteiger partial charge in [-0.2, -0.15) is 0 Å². The summed E-state index contributed by atoms with van der Waals surface area (Å²) >= 11 is 0. The normalized spacial score (nSPS) is 19.7. The quantitative estimate of drug-likeness (QED) is 0.483. The summed E-state index contributed by atoms with van der Waals surface area (Å²) in [6, 6.07) is 17.2. The molecule has 0 bridgehead atoms. The number of aryl methyl sites for hydroxylation is 3. The van der Waals surface area contributed by atoms with Gasteiger partial charge in [0.25, 0.3) is 5.91 Å². The number of nitrogens with zero attached hydrogens (tertiary/aromatic N) is 2. The SMILES string of the molecule is Cc1ccc(-n2c(C)cc(C(=O)CN3C(=O)N[C@]4(CCCc5ccccc54)C3=O)c2C)cc1. The van der Waals surface area contributed by atoms with Crippen LogP contribution in [0.2, 0.25) is 0 Å². The molecule has 1 aromatic heterocycles. The fraction of sp³-hybridized carbons (Fsp3) is 0.296. The molecule has 0 saturated carbocycles. The van der Waals surface area contributed by atoms with Crippen LogP contribution in [0.3, 0.4) is 0 Å². The summed E-state index contributed by atoms with van der Waals surface area (Å²) in [5.41, 5.74) is 5.25. The molecule has 1 N–H and O–H groups in total. The van der Waals surface area contributed by atoms with Crippen LogP contribution >= 0.6 is 0 Å². The first-order chi connectivity index (χ1) is 15.8. The number of rotatable bonds is 4. The van der Waals surface area contributed by atoms with E-state index in [4.69, 9.17) is 0 Å². The second-order valence-corrected chi connectivity index (χ2v) is 9.12. The third-order valence-corrected chi connectivity index (χ3v) is 6.98. The highest BCUT2D eigenvalue weighted by molar-refractivity contribution is 6.12. The van der Waals surface area contributed by atoms with E-state index in [0.717, 1.165) is 51.5 Å². The molecule has 0 unspecified atom stereocenters. The van der Waals surface area contributed by atoms with Crippen molar-refractivity contribution in [3.05, 3.63) is 88.2 Å². The summed E-state index contributed by atoms with van der Waals surface area (Å²) in [5, 5.41) is 2.92. The second kappa shape index (κ2) is 7.73. The summed E-state index contributed by atoms with van der Waals surface area (Å²) in [7, 11) is 0. The third-order valence-electron chi connectivity index (χ3n) is 6.98. The van der Waals surface area contributed by atoms with Crippen LogP contribution in [0.5, 0.6) is 0 Å². The van der Waals surface area contributed by atoms with Gasteiger partial charge in [-0.15, -0.1) is 0 Å². The Morgan fingerprint density at radius 1 is 1.03 bits per heavy atom. The number of imide groups is 1. The van der Waals surface area contributed by atoms with E-state index in [9.17, 15) is 14.4 Å². The van der Waals surface area contributed by atoms with Crippen LogP contribution in [0.25, 0.3) is 5.69 Å². The van der Waals surface area contributed by atoms with Crippen molar-refractivity contribution in [2.45, 2.75) is 45.6 Å². The van der Waals surface area contributed by atoms with Crippen molar-refractivity contribution in [1.82, 2.24) is 14.8 Å². The van der Waals surface area contributed by atoms with Crippen LogP contribution in [-0.4, -0.2) is 33.7 Å². The number of nitrogens with one attached hydrogen (secondary N) is 1. The number of ketones is 1. The van der Waals surface area contributed by atoms with Gasteiger partial charge in [-0.1, -0.05) is 42.0 Å². The Hall–Kier alpha value is -3.67. The molecule has 2 heterocycles. The lowest BCUT2D eigenvalue weighted by molar-refractivity contribution is -0.131. The van der Waals surface area contributed by atoms with Gasteiger partial charge in [0.1, 0.15) is 5.54 Å². The number of hydrogen-bond acceptors (Lipinski definition) is 3. The fourth-order valence-electron chi connectivity index (χ4n) is 5.32. The number of carbonyl (C=O) groups excluding carboxylic acids is 3. The molecule has 1 aliphatic heterocycles. The molecule has 1 fully saturated rings. The lowest BCUT2D eigenvalue weighted by Gasteiger charge is -2.33.